The lowest BCUT2D eigenvalue weighted by atomic mass is 9.98. The molecule has 0 radical (unpaired) electrons. The lowest BCUT2D eigenvalue weighted by Crippen LogP contribution is -2.44. The van der Waals surface area contributed by atoms with Crippen molar-refractivity contribution in [2.24, 2.45) is 0 Å². The van der Waals surface area contributed by atoms with Crippen molar-refractivity contribution in [2.45, 2.75) is 76.9 Å². The molecule has 2 rings (SSSR count). The first-order valence-electron chi connectivity index (χ1n) is 7.32. The summed E-state index contributed by atoms with van der Waals surface area (Å²) in [5.74, 6) is 0.391. The number of carbonyl (C=O) groups is 1. The molecule has 1 amide bonds. The van der Waals surface area contributed by atoms with Crippen LogP contribution in [0, 0.1) is 0 Å². The molecule has 2 fully saturated rings. The maximum Gasteiger partial charge on any atom is 0.244 e. The highest BCUT2D eigenvalue weighted by molar-refractivity contribution is 5.89. The molecule has 0 aromatic carbocycles. The van der Waals surface area contributed by atoms with Crippen LogP contribution in [0.1, 0.15) is 65.2 Å². The average molecular weight is 238 g/mol. The first kappa shape index (κ1) is 12.9. The van der Waals surface area contributed by atoms with E-state index in [2.05, 4.69) is 24.1 Å². The molecule has 2 aliphatic rings. The Bertz CT molecular complexity index is 271. The third-order valence-electron chi connectivity index (χ3n) is 4.26. The second-order valence-electron chi connectivity index (χ2n) is 5.59. The van der Waals surface area contributed by atoms with Gasteiger partial charge in [0.2, 0.25) is 5.91 Å². The van der Waals surface area contributed by atoms with E-state index in [0.29, 0.717) is 12.1 Å². The number of nitrogens with zero attached hydrogens (tertiary/aromatic N) is 1. The minimum atomic E-state index is -0.173. The third-order valence-corrected chi connectivity index (χ3v) is 4.26. The Hall–Kier alpha value is -0.570. The van der Waals surface area contributed by atoms with Crippen molar-refractivity contribution < 1.29 is 4.79 Å². The van der Waals surface area contributed by atoms with Crippen molar-refractivity contribution in [1.82, 2.24) is 10.2 Å². The molecule has 3 nitrogen and oxygen atoms in total. The van der Waals surface area contributed by atoms with Gasteiger partial charge in [-0.2, -0.15) is 0 Å². The van der Waals surface area contributed by atoms with E-state index in [9.17, 15) is 4.79 Å². The molecule has 1 heterocycles. The summed E-state index contributed by atoms with van der Waals surface area (Å²) in [5.41, 5.74) is -0.173. The van der Waals surface area contributed by atoms with Gasteiger partial charge in [0.25, 0.3) is 0 Å². The van der Waals surface area contributed by atoms with E-state index in [0.717, 1.165) is 45.1 Å². The monoisotopic (exact) mass is 238 g/mol. The van der Waals surface area contributed by atoms with Crippen LogP contribution in [0.5, 0.6) is 0 Å². The van der Waals surface area contributed by atoms with Gasteiger partial charge in [-0.05, 0) is 25.7 Å². The van der Waals surface area contributed by atoms with Gasteiger partial charge in [0.15, 0.2) is 0 Å². The van der Waals surface area contributed by atoms with Gasteiger partial charge in [-0.25, -0.2) is 0 Å². The van der Waals surface area contributed by atoms with Crippen LogP contribution in [0.2, 0.25) is 0 Å². The lowest BCUT2D eigenvalue weighted by Gasteiger charge is -2.23. The molecule has 0 bridgehead atoms. The predicted molar refractivity (Wildman–Crippen MR) is 69.7 cm³/mol. The van der Waals surface area contributed by atoms with Crippen LogP contribution in [0.3, 0.4) is 0 Å². The number of amides is 1. The van der Waals surface area contributed by atoms with Gasteiger partial charge < -0.3 is 4.90 Å². The number of unbranched alkanes of at least 4 members (excludes halogenated alkanes) is 1. The second kappa shape index (κ2) is 5.38. The molecular weight excluding hydrogens is 212 g/mol. The van der Waals surface area contributed by atoms with Crippen molar-refractivity contribution >= 4 is 5.91 Å². The van der Waals surface area contributed by atoms with Crippen molar-refractivity contribution in [1.29, 1.82) is 0 Å². The number of hydrogen-bond acceptors (Lipinski definition) is 2. The standard InChI is InChI=1S/C14H26N2O/c1-3-5-11-16-12(8-4-2)15-14(13(16)17)9-6-7-10-14/h12,15H,3-11H2,1-2H3. The fourth-order valence-corrected chi connectivity index (χ4v) is 3.30. The largest absolute Gasteiger partial charge is 0.326 e. The van der Waals surface area contributed by atoms with Crippen LogP contribution < -0.4 is 5.32 Å². The molecule has 0 aromatic rings. The summed E-state index contributed by atoms with van der Waals surface area (Å²) in [6, 6.07) is 0. The zero-order valence-electron chi connectivity index (χ0n) is 11.3. The van der Waals surface area contributed by atoms with E-state index in [4.69, 9.17) is 0 Å². The first-order valence-corrected chi connectivity index (χ1v) is 7.32. The number of carbonyl (C=O) groups excluding carboxylic acids is 1. The molecule has 1 N–H and O–H groups in total. The smallest absolute Gasteiger partial charge is 0.244 e. The quantitative estimate of drug-likeness (QED) is 0.798. The minimum Gasteiger partial charge on any atom is -0.326 e. The van der Waals surface area contributed by atoms with Gasteiger partial charge in [-0.1, -0.05) is 39.5 Å². The Morgan fingerprint density at radius 1 is 1.29 bits per heavy atom. The van der Waals surface area contributed by atoms with Crippen molar-refractivity contribution in [2.75, 3.05) is 6.54 Å². The van der Waals surface area contributed by atoms with E-state index in [1.54, 1.807) is 0 Å². The third kappa shape index (κ3) is 2.35. The fourth-order valence-electron chi connectivity index (χ4n) is 3.30. The van der Waals surface area contributed by atoms with Crippen LogP contribution in [0.25, 0.3) is 0 Å². The van der Waals surface area contributed by atoms with Gasteiger partial charge in [0.1, 0.15) is 0 Å². The fraction of sp³-hybridized carbons (Fsp3) is 0.929. The normalized spacial score (nSPS) is 27.3. The molecule has 0 aromatic heterocycles. The molecule has 1 aliphatic carbocycles. The molecule has 17 heavy (non-hydrogen) atoms. The van der Waals surface area contributed by atoms with Gasteiger partial charge in [0, 0.05) is 6.54 Å². The molecule has 1 atom stereocenters. The van der Waals surface area contributed by atoms with E-state index in [1.165, 1.54) is 12.8 Å². The zero-order chi connectivity index (χ0) is 12.3. The molecule has 1 unspecified atom stereocenters. The predicted octanol–water partition coefficient (Wildman–Crippen LogP) is 2.66. The van der Waals surface area contributed by atoms with Gasteiger partial charge >= 0.3 is 0 Å². The zero-order valence-corrected chi connectivity index (χ0v) is 11.3. The van der Waals surface area contributed by atoms with E-state index in [-0.39, 0.29) is 5.54 Å². The molecular formula is C14H26N2O. The highest BCUT2D eigenvalue weighted by atomic mass is 16.2. The number of rotatable bonds is 5. The highest BCUT2D eigenvalue weighted by Gasteiger charge is 2.51. The molecule has 1 aliphatic heterocycles. The molecule has 1 saturated heterocycles. The van der Waals surface area contributed by atoms with Crippen molar-refractivity contribution in [3.63, 3.8) is 0 Å². The van der Waals surface area contributed by atoms with Crippen LogP contribution in [0.15, 0.2) is 0 Å². The number of nitrogens with one attached hydrogen (secondary N) is 1. The van der Waals surface area contributed by atoms with Crippen LogP contribution in [0.4, 0.5) is 0 Å². The summed E-state index contributed by atoms with van der Waals surface area (Å²) < 4.78 is 0. The number of hydrogen-bond donors (Lipinski definition) is 1. The van der Waals surface area contributed by atoms with Gasteiger partial charge in [0.05, 0.1) is 11.7 Å². The van der Waals surface area contributed by atoms with Crippen LogP contribution >= 0.6 is 0 Å². The summed E-state index contributed by atoms with van der Waals surface area (Å²) in [6.45, 7) is 5.33. The second-order valence-corrected chi connectivity index (χ2v) is 5.59. The topological polar surface area (TPSA) is 32.3 Å². The Balaban J connectivity index is 2.08. The lowest BCUT2D eigenvalue weighted by molar-refractivity contribution is -0.133. The molecule has 1 saturated carbocycles. The van der Waals surface area contributed by atoms with E-state index in [1.807, 2.05) is 0 Å². The summed E-state index contributed by atoms with van der Waals surface area (Å²) >= 11 is 0. The molecule has 98 valence electrons. The van der Waals surface area contributed by atoms with Gasteiger partial charge in [-0.3, -0.25) is 10.1 Å². The van der Waals surface area contributed by atoms with E-state index >= 15 is 0 Å². The van der Waals surface area contributed by atoms with Crippen LogP contribution in [-0.4, -0.2) is 29.1 Å². The van der Waals surface area contributed by atoms with Crippen molar-refractivity contribution in [3.05, 3.63) is 0 Å². The summed E-state index contributed by atoms with van der Waals surface area (Å²) in [6.07, 6.45) is 9.35. The summed E-state index contributed by atoms with van der Waals surface area (Å²) in [4.78, 5) is 14.7. The maximum absolute atomic E-state index is 12.6. The summed E-state index contributed by atoms with van der Waals surface area (Å²) in [7, 11) is 0. The average Bonchev–Trinajstić information content (AvgIpc) is 2.87. The Labute approximate surface area is 105 Å². The maximum atomic E-state index is 12.6. The highest BCUT2D eigenvalue weighted by Crippen LogP contribution is 2.37. The van der Waals surface area contributed by atoms with E-state index < -0.39 is 0 Å². The first-order chi connectivity index (χ1) is 8.23. The van der Waals surface area contributed by atoms with Crippen molar-refractivity contribution in [3.8, 4) is 0 Å². The Morgan fingerprint density at radius 2 is 2.00 bits per heavy atom. The van der Waals surface area contributed by atoms with Gasteiger partial charge in [-0.15, -0.1) is 0 Å². The Kier molecular flexibility index (Phi) is 4.08. The molecule has 1 spiro atoms. The SMILES string of the molecule is CCCCN1C(=O)C2(CCCC2)NC1CCC. The Morgan fingerprint density at radius 3 is 2.59 bits per heavy atom. The van der Waals surface area contributed by atoms with Crippen LogP contribution in [-0.2, 0) is 4.79 Å². The summed E-state index contributed by atoms with van der Waals surface area (Å²) in [5, 5.41) is 3.65. The minimum absolute atomic E-state index is 0.173. The molecule has 3 heteroatoms.